The highest BCUT2D eigenvalue weighted by molar-refractivity contribution is 5.82. The third-order valence-electron chi connectivity index (χ3n) is 2.35. The van der Waals surface area contributed by atoms with E-state index < -0.39 is 0 Å². The molecule has 0 aliphatic carbocycles. The van der Waals surface area contributed by atoms with Crippen LogP contribution in [-0.4, -0.2) is 18.7 Å². The summed E-state index contributed by atoms with van der Waals surface area (Å²) in [5, 5.41) is 0. The van der Waals surface area contributed by atoms with E-state index in [4.69, 9.17) is 9.47 Å². The minimum Gasteiger partial charge on any atom is -0.456 e. The van der Waals surface area contributed by atoms with Crippen LogP contribution in [-0.2, 0) is 20.9 Å². The maximum Gasteiger partial charge on any atom is 0.330 e. The Hall–Kier alpha value is -1.61. The van der Waals surface area contributed by atoms with Crippen LogP contribution in [0.2, 0.25) is 0 Å². The SMILES string of the molecule is O=C1C=CCC(COCc2ccccc2)O1. The van der Waals surface area contributed by atoms with Gasteiger partial charge in [-0.15, -0.1) is 0 Å². The van der Waals surface area contributed by atoms with Crippen LogP contribution < -0.4 is 0 Å². The number of rotatable bonds is 4. The maximum absolute atomic E-state index is 10.9. The van der Waals surface area contributed by atoms with Gasteiger partial charge in [0.25, 0.3) is 0 Å². The Balaban J connectivity index is 1.72. The number of hydrogen-bond donors (Lipinski definition) is 0. The lowest BCUT2D eigenvalue weighted by molar-refractivity contribution is -0.147. The lowest BCUT2D eigenvalue weighted by Gasteiger charge is -2.18. The molecule has 1 aliphatic heterocycles. The topological polar surface area (TPSA) is 35.5 Å². The van der Waals surface area contributed by atoms with Crippen LogP contribution in [0.3, 0.4) is 0 Å². The zero-order valence-electron chi connectivity index (χ0n) is 8.96. The third kappa shape index (κ3) is 3.21. The van der Waals surface area contributed by atoms with Crippen LogP contribution in [0.1, 0.15) is 12.0 Å². The second kappa shape index (κ2) is 5.47. The van der Waals surface area contributed by atoms with Gasteiger partial charge in [-0.05, 0) is 5.56 Å². The van der Waals surface area contributed by atoms with E-state index in [1.54, 1.807) is 0 Å². The van der Waals surface area contributed by atoms with Gasteiger partial charge in [0.15, 0.2) is 0 Å². The van der Waals surface area contributed by atoms with Gasteiger partial charge < -0.3 is 9.47 Å². The summed E-state index contributed by atoms with van der Waals surface area (Å²) in [6.07, 6.45) is 3.87. The van der Waals surface area contributed by atoms with E-state index in [9.17, 15) is 4.79 Å². The van der Waals surface area contributed by atoms with Gasteiger partial charge in [-0.3, -0.25) is 0 Å². The first-order chi connectivity index (χ1) is 7.84. The van der Waals surface area contributed by atoms with E-state index in [0.717, 1.165) is 12.0 Å². The van der Waals surface area contributed by atoms with Crippen LogP contribution >= 0.6 is 0 Å². The first-order valence-electron chi connectivity index (χ1n) is 5.33. The fraction of sp³-hybridized carbons (Fsp3) is 0.308. The second-order valence-corrected chi connectivity index (χ2v) is 3.70. The summed E-state index contributed by atoms with van der Waals surface area (Å²) in [6.45, 7) is 1.00. The molecule has 0 saturated heterocycles. The Labute approximate surface area is 94.7 Å². The van der Waals surface area contributed by atoms with Crippen molar-refractivity contribution in [2.24, 2.45) is 0 Å². The summed E-state index contributed by atoms with van der Waals surface area (Å²) in [6, 6.07) is 9.93. The van der Waals surface area contributed by atoms with Crippen molar-refractivity contribution in [3.63, 3.8) is 0 Å². The molecule has 1 aromatic rings. The highest BCUT2D eigenvalue weighted by Crippen LogP contribution is 2.09. The van der Waals surface area contributed by atoms with Crippen molar-refractivity contribution in [1.82, 2.24) is 0 Å². The summed E-state index contributed by atoms with van der Waals surface area (Å²) in [4.78, 5) is 10.9. The number of esters is 1. The first-order valence-corrected chi connectivity index (χ1v) is 5.33. The van der Waals surface area contributed by atoms with Gasteiger partial charge in [0.05, 0.1) is 13.2 Å². The molecule has 2 rings (SSSR count). The van der Waals surface area contributed by atoms with Gasteiger partial charge in [0.2, 0.25) is 0 Å². The minimum absolute atomic E-state index is 0.138. The van der Waals surface area contributed by atoms with Gasteiger partial charge in [-0.25, -0.2) is 4.79 Å². The molecular weight excluding hydrogens is 204 g/mol. The molecule has 16 heavy (non-hydrogen) atoms. The molecule has 0 radical (unpaired) electrons. The van der Waals surface area contributed by atoms with Crippen LogP contribution in [0.15, 0.2) is 42.5 Å². The van der Waals surface area contributed by atoms with Gasteiger partial charge in [0, 0.05) is 12.5 Å². The van der Waals surface area contributed by atoms with Gasteiger partial charge in [-0.2, -0.15) is 0 Å². The smallest absolute Gasteiger partial charge is 0.330 e. The second-order valence-electron chi connectivity index (χ2n) is 3.70. The Bertz CT molecular complexity index is 370. The van der Waals surface area contributed by atoms with Gasteiger partial charge in [0.1, 0.15) is 6.10 Å². The molecule has 0 spiro atoms. The average molecular weight is 218 g/mol. The molecule has 1 heterocycles. The Morgan fingerprint density at radius 1 is 1.31 bits per heavy atom. The maximum atomic E-state index is 10.9. The molecule has 0 N–H and O–H groups in total. The molecule has 1 unspecified atom stereocenters. The van der Waals surface area contributed by atoms with E-state index in [-0.39, 0.29) is 12.1 Å². The van der Waals surface area contributed by atoms with Crippen molar-refractivity contribution < 1.29 is 14.3 Å². The monoisotopic (exact) mass is 218 g/mol. The minimum atomic E-state index is -0.278. The van der Waals surface area contributed by atoms with Crippen molar-refractivity contribution in [2.75, 3.05) is 6.61 Å². The van der Waals surface area contributed by atoms with E-state index in [2.05, 4.69) is 0 Å². The lowest BCUT2D eigenvalue weighted by Crippen LogP contribution is -2.24. The van der Waals surface area contributed by atoms with Crippen molar-refractivity contribution in [3.8, 4) is 0 Å². The van der Waals surface area contributed by atoms with E-state index >= 15 is 0 Å². The molecule has 1 aromatic carbocycles. The molecule has 0 amide bonds. The predicted molar refractivity (Wildman–Crippen MR) is 59.7 cm³/mol. The Kier molecular flexibility index (Phi) is 3.72. The zero-order valence-corrected chi connectivity index (χ0v) is 8.96. The number of ether oxygens (including phenoxy) is 2. The quantitative estimate of drug-likeness (QED) is 0.726. The van der Waals surface area contributed by atoms with Crippen LogP contribution in [0.4, 0.5) is 0 Å². The summed E-state index contributed by atoms with van der Waals surface area (Å²) >= 11 is 0. The van der Waals surface area contributed by atoms with Gasteiger partial charge in [-0.1, -0.05) is 36.4 Å². The van der Waals surface area contributed by atoms with Gasteiger partial charge >= 0.3 is 5.97 Å². The van der Waals surface area contributed by atoms with E-state index in [1.165, 1.54) is 6.08 Å². The van der Waals surface area contributed by atoms with Crippen LogP contribution in [0.25, 0.3) is 0 Å². The summed E-state index contributed by atoms with van der Waals surface area (Å²) in [5.41, 5.74) is 1.13. The molecule has 1 atom stereocenters. The third-order valence-corrected chi connectivity index (χ3v) is 2.35. The van der Waals surface area contributed by atoms with E-state index in [1.807, 2.05) is 36.4 Å². The molecule has 0 saturated carbocycles. The highest BCUT2D eigenvalue weighted by Gasteiger charge is 2.15. The molecule has 0 aromatic heterocycles. The molecule has 84 valence electrons. The number of benzene rings is 1. The number of cyclic esters (lactones) is 1. The summed E-state index contributed by atoms with van der Waals surface area (Å²) in [7, 11) is 0. The fourth-order valence-corrected chi connectivity index (χ4v) is 1.55. The lowest BCUT2D eigenvalue weighted by atomic mass is 10.2. The molecule has 3 nitrogen and oxygen atoms in total. The summed E-state index contributed by atoms with van der Waals surface area (Å²) < 4.78 is 10.6. The predicted octanol–water partition coefficient (Wildman–Crippen LogP) is 2.07. The molecular formula is C13H14O3. The number of hydrogen-bond acceptors (Lipinski definition) is 3. The molecule has 0 bridgehead atoms. The van der Waals surface area contributed by atoms with E-state index in [0.29, 0.717) is 13.2 Å². The first kappa shape index (κ1) is 10.9. The highest BCUT2D eigenvalue weighted by atomic mass is 16.6. The zero-order chi connectivity index (χ0) is 11.2. The Morgan fingerprint density at radius 3 is 2.88 bits per heavy atom. The molecule has 1 aliphatic rings. The average Bonchev–Trinajstić information content (AvgIpc) is 2.30. The van der Waals surface area contributed by atoms with Crippen LogP contribution in [0, 0.1) is 0 Å². The standard InChI is InChI=1S/C13H14O3/c14-13-8-4-7-12(16-13)10-15-9-11-5-2-1-3-6-11/h1-6,8,12H,7,9-10H2. The largest absolute Gasteiger partial charge is 0.456 e. The van der Waals surface area contributed by atoms with Crippen LogP contribution in [0.5, 0.6) is 0 Å². The normalized spacial score (nSPS) is 19.5. The van der Waals surface area contributed by atoms with Crippen molar-refractivity contribution in [1.29, 1.82) is 0 Å². The van der Waals surface area contributed by atoms with Crippen molar-refractivity contribution in [2.45, 2.75) is 19.1 Å². The molecule has 3 heteroatoms. The number of carbonyl (C=O) groups excluding carboxylic acids is 1. The fourth-order valence-electron chi connectivity index (χ4n) is 1.55. The summed E-state index contributed by atoms with van der Waals surface area (Å²) in [5.74, 6) is -0.278. The number of carbonyl (C=O) groups is 1. The van der Waals surface area contributed by atoms with Crippen molar-refractivity contribution >= 4 is 5.97 Å². The molecule has 0 fully saturated rings. The Morgan fingerprint density at radius 2 is 2.12 bits per heavy atom. The van der Waals surface area contributed by atoms with Crippen molar-refractivity contribution in [3.05, 3.63) is 48.0 Å².